The van der Waals surface area contributed by atoms with Crippen molar-refractivity contribution in [3.63, 3.8) is 0 Å². The third-order valence-electron chi connectivity index (χ3n) is 1.50. The second-order valence-corrected chi connectivity index (χ2v) is 27.0. The van der Waals surface area contributed by atoms with E-state index in [1.807, 2.05) is 39.3 Å². The predicted octanol–water partition coefficient (Wildman–Crippen LogP) is 4.30. The number of nitrogens with zero attached hydrogens (tertiary/aromatic N) is 1. The molecule has 0 amide bonds. The average Bonchev–Trinajstić information content (AvgIpc) is 2.02. The fraction of sp³-hybridized carbons (Fsp3) is 0.364. The Balaban J connectivity index is 2.70. The molecule has 0 aliphatic rings. The Bertz CT molecular complexity index is 314. The van der Waals surface area contributed by atoms with Crippen LogP contribution in [0.5, 0.6) is 0 Å². The first kappa shape index (κ1) is 12.1. The van der Waals surface area contributed by atoms with E-state index in [0.29, 0.717) is 0 Å². The molecule has 0 spiro atoms. The van der Waals surface area contributed by atoms with E-state index in [9.17, 15) is 0 Å². The molecule has 0 aliphatic heterocycles. The van der Waals surface area contributed by atoms with Crippen LogP contribution in [0.4, 0.5) is 5.69 Å². The minimum absolute atomic E-state index is 1.06. The molecule has 0 aliphatic carbocycles. The van der Waals surface area contributed by atoms with Crippen LogP contribution in [0.1, 0.15) is 6.92 Å². The van der Waals surface area contributed by atoms with Gasteiger partial charge in [0.25, 0.3) is 0 Å². The van der Waals surface area contributed by atoms with Crippen LogP contribution in [0.15, 0.2) is 35.3 Å². The Hall–Kier alpha value is 0.0387. The summed E-state index contributed by atoms with van der Waals surface area (Å²) in [5.74, 6) is 0. The van der Waals surface area contributed by atoms with E-state index < -0.39 is 17.0 Å². The van der Waals surface area contributed by atoms with Gasteiger partial charge in [0, 0.05) is 0 Å². The summed E-state index contributed by atoms with van der Waals surface area (Å²) < 4.78 is 0. The van der Waals surface area contributed by atoms with Gasteiger partial charge in [-0.05, 0) is 0 Å². The molecule has 3 heteroatoms. The van der Waals surface area contributed by atoms with Crippen molar-refractivity contribution in [3.05, 3.63) is 30.3 Å². The molecule has 1 rings (SSSR count). The van der Waals surface area contributed by atoms with E-state index in [1.54, 1.807) is 0 Å². The summed E-state index contributed by atoms with van der Waals surface area (Å²) in [4.78, 5) is 11.8. The van der Waals surface area contributed by atoms with Gasteiger partial charge < -0.3 is 0 Å². The molecule has 0 atom stereocenters. The molecule has 14 heavy (non-hydrogen) atoms. The van der Waals surface area contributed by atoms with Crippen molar-refractivity contribution in [1.82, 2.24) is 0 Å². The van der Waals surface area contributed by atoms with E-state index in [2.05, 4.69) is 26.7 Å². The molecule has 0 radical (unpaired) electrons. The topological polar surface area (TPSA) is 12.4 Å². The van der Waals surface area contributed by atoms with E-state index in [1.165, 1.54) is 5.04 Å². The SMILES string of the molecule is CC(=Nc1ccccc1)[S][Sn]([CH3])([CH3])[CH3]. The second kappa shape index (κ2) is 5.21. The maximum atomic E-state index is 4.58. The monoisotopic (exact) mass is 315 g/mol. The molecule has 0 saturated heterocycles. The van der Waals surface area contributed by atoms with Gasteiger partial charge in [-0.15, -0.1) is 0 Å². The molecule has 0 N–H and O–H groups in total. The Kier molecular flexibility index (Phi) is 4.51. The minimum atomic E-state index is -1.77. The van der Waals surface area contributed by atoms with Crippen LogP contribution in [-0.4, -0.2) is 22.0 Å². The van der Waals surface area contributed by atoms with Crippen LogP contribution < -0.4 is 0 Å². The molecule has 76 valence electrons. The Labute approximate surface area is 93.3 Å². The van der Waals surface area contributed by atoms with Crippen molar-refractivity contribution in [2.24, 2.45) is 4.99 Å². The first-order valence-electron chi connectivity index (χ1n) is 4.77. The van der Waals surface area contributed by atoms with Crippen LogP contribution in [0.25, 0.3) is 0 Å². The summed E-state index contributed by atoms with van der Waals surface area (Å²) in [6.45, 7) is 2.11. The van der Waals surface area contributed by atoms with Gasteiger partial charge in [-0.1, -0.05) is 0 Å². The molecule has 1 aromatic rings. The van der Waals surface area contributed by atoms with Crippen molar-refractivity contribution < 1.29 is 0 Å². The van der Waals surface area contributed by atoms with Crippen molar-refractivity contribution >= 4 is 36.7 Å². The zero-order chi connectivity index (χ0) is 10.6. The number of hydrogen-bond donors (Lipinski definition) is 0. The molecule has 0 bridgehead atoms. The van der Waals surface area contributed by atoms with Crippen LogP contribution in [0.2, 0.25) is 14.8 Å². The van der Waals surface area contributed by atoms with Gasteiger partial charge >= 0.3 is 93.7 Å². The number of hydrogen-bond acceptors (Lipinski definition) is 2. The van der Waals surface area contributed by atoms with E-state index in [-0.39, 0.29) is 0 Å². The number of para-hydroxylation sites is 1. The van der Waals surface area contributed by atoms with Gasteiger partial charge in [-0.3, -0.25) is 0 Å². The molecular weight excluding hydrogens is 297 g/mol. The zero-order valence-corrected chi connectivity index (χ0v) is 12.9. The van der Waals surface area contributed by atoms with Crippen LogP contribution in [-0.2, 0) is 0 Å². The van der Waals surface area contributed by atoms with E-state index in [0.717, 1.165) is 5.69 Å². The molecule has 0 aromatic heterocycles. The molecule has 1 aromatic carbocycles. The fourth-order valence-electron chi connectivity index (χ4n) is 1.15. The average molecular weight is 314 g/mol. The van der Waals surface area contributed by atoms with Gasteiger partial charge in [0.1, 0.15) is 0 Å². The number of benzene rings is 1. The molecule has 0 saturated carbocycles. The predicted molar refractivity (Wildman–Crippen MR) is 70.1 cm³/mol. The Morgan fingerprint density at radius 1 is 1.14 bits per heavy atom. The normalized spacial score (nSPS) is 13.0. The van der Waals surface area contributed by atoms with Crippen molar-refractivity contribution in [2.45, 2.75) is 21.7 Å². The first-order valence-corrected chi connectivity index (χ1v) is 17.6. The Morgan fingerprint density at radius 3 is 2.21 bits per heavy atom. The second-order valence-electron chi connectivity index (χ2n) is 4.18. The summed E-state index contributed by atoms with van der Waals surface area (Å²) in [5.41, 5.74) is 1.06. The Morgan fingerprint density at radius 2 is 1.71 bits per heavy atom. The van der Waals surface area contributed by atoms with Gasteiger partial charge in [-0.2, -0.15) is 0 Å². The third kappa shape index (κ3) is 5.05. The van der Waals surface area contributed by atoms with Gasteiger partial charge in [0.05, 0.1) is 0 Å². The van der Waals surface area contributed by atoms with E-state index >= 15 is 0 Å². The molecule has 1 nitrogen and oxygen atoms in total. The standard InChI is InChI=1S/C8H9NS.3CH3.Sn/c1-7(10)9-8-5-3-2-4-6-8;;;;/h2-6H,1H3,(H,9,10);3*1H3;/q;;;;+1/p-1. The first-order chi connectivity index (χ1) is 6.47. The van der Waals surface area contributed by atoms with Crippen LogP contribution >= 0.6 is 8.95 Å². The molecule has 0 fully saturated rings. The van der Waals surface area contributed by atoms with Gasteiger partial charge in [0.15, 0.2) is 0 Å². The summed E-state index contributed by atoms with van der Waals surface area (Å²) in [5, 5.41) is 1.21. The van der Waals surface area contributed by atoms with Crippen molar-refractivity contribution in [3.8, 4) is 0 Å². The summed E-state index contributed by atoms with van der Waals surface area (Å²) in [6.07, 6.45) is 0. The van der Waals surface area contributed by atoms with Gasteiger partial charge in [0.2, 0.25) is 0 Å². The third-order valence-corrected chi connectivity index (χ3v) is 10.3. The fourth-order valence-corrected chi connectivity index (χ4v) is 10.2. The van der Waals surface area contributed by atoms with Crippen molar-refractivity contribution in [2.75, 3.05) is 0 Å². The van der Waals surface area contributed by atoms with E-state index in [4.69, 9.17) is 0 Å². The maximum absolute atomic E-state index is 4.58. The summed E-state index contributed by atoms with van der Waals surface area (Å²) in [6, 6.07) is 10.2. The van der Waals surface area contributed by atoms with Crippen LogP contribution in [0, 0.1) is 0 Å². The molecule has 0 unspecified atom stereocenters. The van der Waals surface area contributed by atoms with Crippen LogP contribution in [0.3, 0.4) is 0 Å². The van der Waals surface area contributed by atoms with Crippen molar-refractivity contribution in [1.29, 1.82) is 0 Å². The quantitative estimate of drug-likeness (QED) is 0.450. The molecular formula is C11H17NSSn. The number of rotatable bonds is 2. The van der Waals surface area contributed by atoms with Gasteiger partial charge in [-0.25, -0.2) is 0 Å². The summed E-state index contributed by atoms with van der Waals surface area (Å²) in [7, 11) is 2.01. The zero-order valence-electron chi connectivity index (χ0n) is 9.24. The summed E-state index contributed by atoms with van der Waals surface area (Å²) >= 11 is -1.77. The molecule has 0 heterocycles. The number of aliphatic imine (C=N–C) groups is 1.